The Labute approximate surface area is 248 Å². The standard InChI is InChI=1S/C29H35F2N7O3S/c1-18(2)23(39)38-42-16-15-32-24(40)20-7-11-22(12-8-20)33-25-34-26(36-27(35-25)41-17-28(4,30)31)37-29(13-14-29)21-9-5-19(3)6-10-21/h5-12,18H,13-17H2,1-4H3,(H,32,40)(H,38,39)(H2,33,34,35,36,37). The molecule has 4 N–H and O–H groups in total. The van der Waals surface area contributed by atoms with E-state index in [0.29, 0.717) is 23.5 Å². The lowest BCUT2D eigenvalue weighted by Crippen LogP contribution is -2.28. The Morgan fingerprint density at radius 1 is 1.02 bits per heavy atom. The van der Waals surface area contributed by atoms with E-state index in [1.165, 1.54) is 11.9 Å². The van der Waals surface area contributed by atoms with E-state index in [2.05, 4.69) is 35.6 Å². The number of hydrogen-bond acceptors (Lipinski definition) is 9. The highest BCUT2D eigenvalue weighted by atomic mass is 32.2. The van der Waals surface area contributed by atoms with Crippen LogP contribution in [0.4, 0.5) is 26.4 Å². The van der Waals surface area contributed by atoms with E-state index in [1.54, 1.807) is 24.3 Å². The second-order valence-corrected chi connectivity index (χ2v) is 11.5. The molecule has 1 aliphatic carbocycles. The highest BCUT2D eigenvalue weighted by molar-refractivity contribution is 7.97. The average molecular weight is 600 g/mol. The van der Waals surface area contributed by atoms with Crippen LogP contribution in [0.15, 0.2) is 48.5 Å². The molecule has 42 heavy (non-hydrogen) atoms. The van der Waals surface area contributed by atoms with E-state index in [9.17, 15) is 18.4 Å². The molecule has 1 fully saturated rings. The number of halogens is 2. The van der Waals surface area contributed by atoms with Gasteiger partial charge in [-0.2, -0.15) is 15.0 Å². The van der Waals surface area contributed by atoms with Crippen LogP contribution in [0.1, 0.15) is 55.1 Å². The van der Waals surface area contributed by atoms with Crippen LogP contribution in [0.3, 0.4) is 0 Å². The molecule has 0 aliphatic heterocycles. The lowest BCUT2D eigenvalue weighted by Gasteiger charge is -2.19. The highest BCUT2D eigenvalue weighted by Crippen LogP contribution is 2.48. The zero-order valence-electron chi connectivity index (χ0n) is 24.0. The molecule has 1 heterocycles. The molecule has 4 rings (SSSR count). The first-order chi connectivity index (χ1) is 19.9. The summed E-state index contributed by atoms with van der Waals surface area (Å²) in [7, 11) is 0. The number of hydrogen-bond donors (Lipinski definition) is 4. The van der Waals surface area contributed by atoms with E-state index in [1.807, 2.05) is 45.0 Å². The minimum Gasteiger partial charge on any atom is -0.457 e. The van der Waals surface area contributed by atoms with Gasteiger partial charge < -0.3 is 20.7 Å². The van der Waals surface area contributed by atoms with E-state index < -0.39 is 12.5 Å². The number of aryl methyl sites for hydroxylation is 1. The molecular formula is C29H35F2N7O3S. The van der Waals surface area contributed by atoms with Gasteiger partial charge in [-0.15, -0.1) is 0 Å². The van der Waals surface area contributed by atoms with Crippen LogP contribution in [-0.4, -0.2) is 51.6 Å². The molecule has 3 aromatic rings. The first-order valence-corrected chi connectivity index (χ1v) is 14.6. The third-order valence-electron chi connectivity index (χ3n) is 6.36. The van der Waals surface area contributed by atoms with Gasteiger partial charge in [0, 0.05) is 36.4 Å². The van der Waals surface area contributed by atoms with Crippen LogP contribution in [0.25, 0.3) is 0 Å². The van der Waals surface area contributed by atoms with Gasteiger partial charge in [0.1, 0.15) is 0 Å². The van der Waals surface area contributed by atoms with Crippen molar-refractivity contribution in [1.29, 1.82) is 0 Å². The van der Waals surface area contributed by atoms with Crippen LogP contribution >= 0.6 is 11.9 Å². The van der Waals surface area contributed by atoms with Crippen LogP contribution < -0.4 is 25.4 Å². The maximum atomic E-state index is 13.5. The van der Waals surface area contributed by atoms with Gasteiger partial charge in [-0.1, -0.05) is 43.7 Å². The maximum Gasteiger partial charge on any atom is 0.323 e. The number of alkyl halides is 2. The predicted octanol–water partition coefficient (Wildman–Crippen LogP) is 5.21. The number of nitrogens with zero attached hydrogens (tertiary/aromatic N) is 3. The number of carbonyl (C=O) groups excluding carboxylic acids is 2. The minimum absolute atomic E-state index is 0.0595. The summed E-state index contributed by atoms with van der Waals surface area (Å²) < 4.78 is 34.9. The second-order valence-electron chi connectivity index (χ2n) is 10.6. The first kappa shape index (κ1) is 30.9. The number of aromatic nitrogens is 3. The molecule has 0 unspecified atom stereocenters. The van der Waals surface area contributed by atoms with Gasteiger partial charge in [-0.05, 0) is 61.5 Å². The maximum absolute atomic E-state index is 13.5. The number of anilines is 3. The number of ether oxygens (including phenoxy) is 1. The molecule has 2 aromatic carbocycles. The van der Waals surface area contributed by atoms with E-state index in [0.717, 1.165) is 30.9 Å². The fraction of sp³-hybridized carbons (Fsp3) is 0.414. The first-order valence-electron chi connectivity index (χ1n) is 13.6. The van der Waals surface area contributed by atoms with Crippen molar-refractivity contribution in [3.63, 3.8) is 0 Å². The molecule has 224 valence electrons. The Bertz CT molecular complexity index is 1380. The van der Waals surface area contributed by atoms with E-state index >= 15 is 0 Å². The monoisotopic (exact) mass is 599 g/mol. The Morgan fingerprint density at radius 2 is 1.69 bits per heavy atom. The fourth-order valence-electron chi connectivity index (χ4n) is 3.81. The minimum atomic E-state index is -3.06. The molecule has 0 saturated heterocycles. The van der Waals surface area contributed by atoms with Crippen molar-refractivity contribution < 1.29 is 23.1 Å². The summed E-state index contributed by atoms with van der Waals surface area (Å²) in [6.07, 6.45) is 1.73. The van der Waals surface area contributed by atoms with Crippen molar-refractivity contribution in [3.8, 4) is 6.01 Å². The summed E-state index contributed by atoms with van der Waals surface area (Å²) >= 11 is 1.24. The SMILES string of the molecule is Cc1ccc(C2(Nc3nc(Nc4ccc(C(=O)NCCSNC(=O)C(C)C)cc4)nc(OCC(C)(F)F)n3)CC2)cc1. The van der Waals surface area contributed by atoms with Crippen molar-refractivity contribution in [2.75, 3.05) is 29.5 Å². The third kappa shape index (κ3) is 9.00. The van der Waals surface area contributed by atoms with Crippen molar-refractivity contribution in [2.24, 2.45) is 5.92 Å². The lowest BCUT2D eigenvalue weighted by molar-refractivity contribution is -0.122. The molecule has 0 atom stereocenters. The summed E-state index contributed by atoms with van der Waals surface area (Å²) in [5, 5.41) is 9.19. The van der Waals surface area contributed by atoms with Crippen LogP contribution in [-0.2, 0) is 10.3 Å². The Balaban J connectivity index is 1.41. The van der Waals surface area contributed by atoms with Gasteiger partial charge in [0.05, 0.1) is 5.54 Å². The van der Waals surface area contributed by atoms with Crippen LogP contribution in [0, 0.1) is 12.8 Å². The van der Waals surface area contributed by atoms with Gasteiger partial charge in [0.25, 0.3) is 11.8 Å². The molecule has 0 radical (unpaired) electrons. The zero-order chi connectivity index (χ0) is 30.3. The van der Waals surface area contributed by atoms with Gasteiger partial charge in [-0.3, -0.25) is 14.3 Å². The lowest BCUT2D eigenvalue weighted by atomic mass is 10.0. The molecular weight excluding hydrogens is 564 g/mol. The van der Waals surface area contributed by atoms with Gasteiger partial charge in [0.2, 0.25) is 17.8 Å². The van der Waals surface area contributed by atoms with Crippen LogP contribution in [0.5, 0.6) is 6.01 Å². The Morgan fingerprint density at radius 3 is 2.31 bits per heavy atom. The molecule has 2 amide bonds. The molecule has 1 aliphatic rings. The molecule has 10 nitrogen and oxygen atoms in total. The van der Waals surface area contributed by atoms with Crippen molar-refractivity contribution in [2.45, 2.75) is 52.0 Å². The molecule has 13 heteroatoms. The zero-order valence-corrected chi connectivity index (χ0v) is 24.8. The molecule has 1 saturated carbocycles. The smallest absolute Gasteiger partial charge is 0.323 e. The summed E-state index contributed by atoms with van der Waals surface area (Å²) in [5.41, 5.74) is 2.89. The van der Waals surface area contributed by atoms with Gasteiger partial charge >= 0.3 is 6.01 Å². The third-order valence-corrected chi connectivity index (χ3v) is 7.12. The average Bonchev–Trinajstić information content (AvgIpc) is 3.72. The van der Waals surface area contributed by atoms with Crippen molar-refractivity contribution in [3.05, 3.63) is 65.2 Å². The summed E-state index contributed by atoms with van der Waals surface area (Å²) in [6, 6.07) is 14.6. The second kappa shape index (κ2) is 13.3. The number of rotatable bonds is 14. The van der Waals surface area contributed by atoms with Gasteiger partial charge in [0.15, 0.2) is 6.61 Å². The Hall–Kier alpha value is -4.00. The molecule has 0 bridgehead atoms. The fourth-order valence-corrected chi connectivity index (χ4v) is 4.50. The summed E-state index contributed by atoms with van der Waals surface area (Å²) in [6.45, 7) is 5.89. The molecule has 0 spiro atoms. The number of benzene rings is 2. The summed E-state index contributed by atoms with van der Waals surface area (Å²) in [5.74, 6) is -2.67. The van der Waals surface area contributed by atoms with Crippen molar-refractivity contribution in [1.82, 2.24) is 25.0 Å². The largest absolute Gasteiger partial charge is 0.457 e. The predicted molar refractivity (Wildman–Crippen MR) is 159 cm³/mol. The number of nitrogens with one attached hydrogen (secondary N) is 4. The molecule has 1 aromatic heterocycles. The number of amides is 2. The van der Waals surface area contributed by atoms with Crippen LogP contribution in [0.2, 0.25) is 0 Å². The Kier molecular flexibility index (Phi) is 9.81. The quantitative estimate of drug-likeness (QED) is 0.146. The normalized spacial score (nSPS) is 13.8. The van der Waals surface area contributed by atoms with E-state index in [4.69, 9.17) is 4.74 Å². The topological polar surface area (TPSA) is 130 Å². The van der Waals surface area contributed by atoms with Gasteiger partial charge in [-0.25, -0.2) is 8.78 Å². The van der Waals surface area contributed by atoms with Crippen molar-refractivity contribution >= 4 is 41.3 Å². The van der Waals surface area contributed by atoms with E-state index in [-0.39, 0.29) is 41.2 Å². The highest BCUT2D eigenvalue weighted by Gasteiger charge is 2.45. The number of carbonyl (C=O) groups is 2. The summed E-state index contributed by atoms with van der Waals surface area (Å²) in [4.78, 5) is 36.9.